The summed E-state index contributed by atoms with van der Waals surface area (Å²) in [6.07, 6.45) is 5.45. The Labute approximate surface area is 213 Å². The van der Waals surface area contributed by atoms with E-state index >= 15 is 0 Å². The molecule has 0 unspecified atom stereocenters. The number of rotatable bonds is 6. The van der Waals surface area contributed by atoms with Gasteiger partial charge in [-0.2, -0.15) is 12.6 Å². The lowest BCUT2D eigenvalue weighted by atomic mass is 9.78. The first-order chi connectivity index (χ1) is 16.4. The molecule has 0 amide bonds. The number of fused-ring (bicyclic) bond motifs is 2. The summed E-state index contributed by atoms with van der Waals surface area (Å²) in [6.45, 7) is 9.40. The minimum absolute atomic E-state index is 0.136. The topological polar surface area (TPSA) is 57.2 Å². The summed E-state index contributed by atoms with van der Waals surface area (Å²) in [7, 11) is 0. The Morgan fingerprint density at radius 2 is 2.00 bits per heavy atom. The van der Waals surface area contributed by atoms with E-state index in [1.807, 2.05) is 18.3 Å². The quantitative estimate of drug-likeness (QED) is 0.427. The number of nitrogens with zero attached hydrogens (tertiary/aromatic N) is 5. The molecule has 1 aromatic carbocycles. The van der Waals surface area contributed by atoms with Crippen LogP contribution in [0.5, 0.6) is 0 Å². The van der Waals surface area contributed by atoms with Gasteiger partial charge in [-0.05, 0) is 60.5 Å². The van der Waals surface area contributed by atoms with Crippen LogP contribution in [0, 0.1) is 0 Å². The van der Waals surface area contributed by atoms with Crippen LogP contribution in [0.1, 0.15) is 42.7 Å². The van der Waals surface area contributed by atoms with Crippen LogP contribution in [0.4, 0.5) is 17.3 Å². The minimum atomic E-state index is 0.136. The van der Waals surface area contributed by atoms with E-state index < -0.39 is 0 Å². The Morgan fingerprint density at radius 3 is 2.82 bits per heavy atom. The predicted octanol–water partition coefficient (Wildman–Crippen LogP) is 4.88. The van der Waals surface area contributed by atoms with Crippen molar-refractivity contribution in [2.75, 3.05) is 35.6 Å². The van der Waals surface area contributed by atoms with E-state index in [0.717, 1.165) is 72.7 Å². The van der Waals surface area contributed by atoms with Gasteiger partial charge in [-0.3, -0.25) is 4.90 Å². The lowest BCUT2D eigenvalue weighted by Gasteiger charge is -2.40. The number of pyridine rings is 1. The SMILES string of the molecule is CC1(C)CN(CCCS)Cc2cc(Nc3ncnc4c3CCN(c3ncccc3S)C4)ccc21. The van der Waals surface area contributed by atoms with Gasteiger partial charge in [0.15, 0.2) is 0 Å². The van der Waals surface area contributed by atoms with E-state index in [2.05, 4.69) is 87.4 Å². The van der Waals surface area contributed by atoms with Crippen molar-refractivity contribution in [3.05, 3.63) is 65.2 Å². The Hall–Kier alpha value is -2.29. The first kappa shape index (κ1) is 23.5. The molecule has 0 fully saturated rings. The highest BCUT2D eigenvalue weighted by Gasteiger charge is 2.31. The largest absolute Gasteiger partial charge is 0.349 e. The lowest BCUT2D eigenvalue weighted by Crippen LogP contribution is -2.42. The van der Waals surface area contributed by atoms with E-state index in [1.165, 1.54) is 16.7 Å². The number of aromatic nitrogens is 3. The highest BCUT2D eigenvalue weighted by atomic mass is 32.1. The molecule has 1 N–H and O–H groups in total. The van der Waals surface area contributed by atoms with Crippen molar-refractivity contribution in [3.63, 3.8) is 0 Å². The van der Waals surface area contributed by atoms with E-state index in [0.29, 0.717) is 6.54 Å². The number of benzene rings is 1. The molecule has 8 heteroatoms. The summed E-state index contributed by atoms with van der Waals surface area (Å²) in [5, 5.41) is 3.60. The van der Waals surface area contributed by atoms with Gasteiger partial charge in [0, 0.05) is 47.4 Å². The number of thiol groups is 2. The molecule has 0 aliphatic carbocycles. The number of hydrogen-bond acceptors (Lipinski definition) is 8. The smallest absolute Gasteiger partial charge is 0.142 e. The summed E-state index contributed by atoms with van der Waals surface area (Å²) in [5.74, 6) is 2.74. The van der Waals surface area contributed by atoms with Crippen LogP contribution in [0.3, 0.4) is 0 Å². The monoisotopic (exact) mass is 492 g/mol. The molecule has 178 valence electrons. The first-order valence-electron chi connectivity index (χ1n) is 11.9. The Bertz CT molecular complexity index is 1180. The molecule has 5 rings (SSSR count). The molecule has 0 bridgehead atoms. The number of hydrogen-bond donors (Lipinski definition) is 3. The average molecular weight is 493 g/mol. The molecule has 6 nitrogen and oxygen atoms in total. The molecule has 4 heterocycles. The van der Waals surface area contributed by atoms with Crippen molar-refractivity contribution < 1.29 is 0 Å². The molecule has 2 aliphatic heterocycles. The van der Waals surface area contributed by atoms with Crippen molar-refractivity contribution >= 4 is 42.6 Å². The van der Waals surface area contributed by atoms with Gasteiger partial charge in [0.2, 0.25) is 0 Å². The fourth-order valence-corrected chi connectivity index (χ4v) is 5.69. The van der Waals surface area contributed by atoms with Crippen molar-refractivity contribution in [1.82, 2.24) is 19.9 Å². The van der Waals surface area contributed by atoms with Gasteiger partial charge >= 0.3 is 0 Å². The second kappa shape index (κ2) is 9.76. The highest BCUT2D eigenvalue weighted by Crippen LogP contribution is 2.36. The summed E-state index contributed by atoms with van der Waals surface area (Å²) in [6, 6.07) is 10.7. The van der Waals surface area contributed by atoms with Gasteiger partial charge in [0.1, 0.15) is 18.0 Å². The second-order valence-corrected chi connectivity index (χ2v) is 10.8. The molecule has 34 heavy (non-hydrogen) atoms. The number of nitrogens with one attached hydrogen (secondary N) is 1. The molecule has 0 saturated heterocycles. The highest BCUT2D eigenvalue weighted by molar-refractivity contribution is 7.80. The van der Waals surface area contributed by atoms with Gasteiger partial charge in [-0.15, -0.1) is 12.6 Å². The standard InChI is InChI=1S/C26H32N6S2/c1-26(2)16-31(10-4-12-33)14-18-13-19(6-7-21(18)26)30-24-20-8-11-32(15-22(20)28-17-29-24)25-23(34)5-3-9-27-25/h3,5-7,9,13,17,33-34H,4,8,10-12,14-16H2,1-2H3,(H,28,29,30). The fraction of sp³-hybridized carbons (Fsp3) is 0.423. The van der Waals surface area contributed by atoms with Crippen LogP contribution in [0.25, 0.3) is 0 Å². The Kier molecular flexibility index (Phi) is 6.73. The van der Waals surface area contributed by atoms with Gasteiger partial charge in [0.25, 0.3) is 0 Å². The van der Waals surface area contributed by atoms with Crippen LogP contribution in [0.15, 0.2) is 47.8 Å². The van der Waals surface area contributed by atoms with Crippen molar-refractivity contribution in [1.29, 1.82) is 0 Å². The molecule has 0 radical (unpaired) electrons. The van der Waals surface area contributed by atoms with E-state index in [-0.39, 0.29) is 5.41 Å². The second-order valence-electron chi connectivity index (χ2n) is 9.83. The van der Waals surface area contributed by atoms with Gasteiger partial charge in [0.05, 0.1) is 12.2 Å². The van der Waals surface area contributed by atoms with Crippen molar-refractivity contribution in [2.45, 2.75) is 50.1 Å². The third kappa shape index (κ3) is 4.76. The first-order valence-corrected chi connectivity index (χ1v) is 13.0. The third-order valence-electron chi connectivity index (χ3n) is 6.81. The van der Waals surface area contributed by atoms with E-state index in [1.54, 1.807) is 6.33 Å². The van der Waals surface area contributed by atoms with Gasteiger partial charge < -0.3 is 10.2 Å². The summed E-state index contributed by atoms with van der Waals surface area (Å²) >= 11 is 8.99. The molecular formula is C26H32N6S2. The van der Waals surface area contributed by atoms with Crippen LogP contribution >= 0.6 is 25.3 Å². The lowest BCUT2D eigenvalue weighted by molar-refractivity contribution is 0.195. The Morgan fingerprint density at radius 1 is 1.12 bits per heavy atom. The summed E-state index contributed by atoms with van der Waals surface area (Å²) in [5.41, 5.74) is 6.28. The third-order valence-corrected chi connectivity index (χ3v) is 7.48. The molecule has 3 aromatic rings. The van der Waals surface area contributed by atoms with Crippen LogP contribution in [-0.4, -0.2) is 45.2 Å². The zero-order chi connectivity index (χ0) is 23.7. The molecule has 0 saturated carbocycles. The summed E-state index contributed by atoms with van der Waals surface area (Å²) in [4.78, 5) is 19.4. The van der Waals surface area contributed by atoms with E-state index in [9.17, 15) is 0 Å². The van der Waals surface area contributed by atoms with Crippen LogP contribution in [0.2, 0.25) is 0 Å². The maximum atomic E-state index is 4.61. The molecular weight excluding hydrogens is 460 g/mol. The van der Waals surface area contributed by atoms with Crippen LogP contribution < -0.4 is 10.2 Å². The molecule has 2 aromatic heterocycles. The van der Waals surface area contributed by atoms with E-state index in [4.69, 9.17) is 0 Å². The van der Waals surface area contributed by atoms with Gasteiger partial charge in [-0.25, -0.2) is 15.0 Å². The van der Waals surface area contributed by atoms with Crippen LogP contribution in [-0.2, 0) is 24.9 Å². The predicted molar refractivity (Wildman–Crippen MR) is 145 cm³/mol. The van der Waals surface area contributed by atoms with Crippen molar-refractivity contribution in [3.8, 4) is 0 Å². The minimum Gasteiger partial charge on any atom is -0.349 e. The molecule has 0 atom stereocenters. The fourth-order valence-electron chi connectivity index (χ4n) is 5.27. The zero-order valence-electron chi connectivity index (χ0n) is 19.8. The zero-order valence-corrected chi connectivity index (χ0v) is 21.6. The number of anilines is 3. The maximum Gasteiger partial charge on any atom is 0.142 e. The van der Waals surface area contributed by atoms with Gasteiger partial charge in [-0.1, -0.05) is 19.9 Å². The summed E-state index contributed by atoms with van der Waals surface area (Å²) < 4.78 is 0. The Balaban J connectivity index is 1.37. The van der Waals surface area contributed by atoms with Crippen molar-refractivity contribution in [2.24, 2.45) is 0 Å². The normalized spacial score (nSPS) is 17.2. The molecule has 0 spiro atoms. The average Bonchev–Trinajstić information content (AvgIpc) is 2.82. The molecule has 2 aliphatic rings. The maximum absolute atomic E-state index is 4.61.